The lowest BCUT2D eigenvalue weighted by Crippen LogP contribution is -2.39. The first kappa shape index (κ1) is 14.5. The van der Waals surface area contributed by atoms with E-state index in [0.717, 1.165) is 17.5 Å². The minimum absolute atomic E-state index is 0.177. The highest BCUT2D eigenvalue weighted by atomic mass is 16.5. The van der Waals surface area contributed by atoms with Crippen LogP contribution in [0, 0.1) is 5.92 Å². The van der Waals surface area contributed by atoms with Gasteiger partial charge in [-0.1, -0.05) is 31.2 Å². The molecule has 20 heavy (non-hydrogen) atoms. The van der Waals surface area contributed by atoms with E-state index in [1.807, 2.05) is 24.3 Å². The molecule has 1 N–H and O–H groups in total. The van der Waals surface area contributed by atoms with Gasteiger partial charge in [-0.2, -0.15) is 0 Å². The molecule has 5 nitrogen and oxygen atoms in total. The fraction of sp³-hybridized carbons (Fsp3) is 0.467. The SMILES string of the molecule is C[C@@H](CN(C)C(=O)[C@H]1OCCc2ccccc21)C(=O)O. The van der Waals surface area contributed by atoms with Crippen LogP contribution >= 0.6 is 0 Å². The van der Waals surface area contributed by atoms with Crippen LogP contribution in [0.5, 0.6) is 0 Å². The van der Waals surface area contributed by atoms with Crippen molar-refractivity contribution < 1.29 is 19.4 Å². The second-order valence-corrected chi connectivity index (χ2v) is 5.16. The Morgan fingerprint density at radius 3 is 2.85 bits per heavy atom. The Bertz CT molecular complexity index is 514. The van der Waals surface area contributed by atoms with Gasteiger partial charge in [0, 0.05) is 13.6 Å². The molecule has 1 aromatic carbocycles. The molecule has 0 saturated carbocycles. The number of ether oxygens (including phenoxy) is 1. The summed E-state index contributed by atoms with van der Waals surface area (Å²) in [5.74, 6) is -1.69. The van der Waals surface area contributed by atoms with E-state index in [1.165, 1.54) is 4.90 Å². The zero-order chi connectivity index (χ0) is 14.7. The Kier molecular flexibility index (Phi) is 4.39. The Hall–Kier alpha value is -1.88. The Balaban J connectivity index is 2.12. The average Bonchev–Trinajstić information content (AvgIpc) is 2.45. The van der Waals surface area contributed by atoms with Crippen molar-refractivity contribution >= 4 is 11.9 Å². The van der Waals surface area contributed by atoms with E-state index in [9.17, 15) is 9.59 Å². The number of carboxylic acid groups (broad SMARTS) is 1. The topological polar surface area (TPSA) is 66.8 Å². The lowest BCUT2D eigenvalue weighted by Gasteiger charge is -2.29. The first-order chi connectivity index (χ1) is 9.50. The average molecular weight is 277 g/mol. The summed E-state index contributed by atoms with van der Waals surface area (Å²) in [5.41, 5.74) is 2.01. The van der Waals surface area contributed by atoms with Gasteiger partial charge in [0.05, 0.1) is 12.5 Å². The van der Waals surface area contributed by atoms with Crippen LogP contribution in [0.3, 0.4) is 0 Å². The summed E-state index contributed by atoms with van der Waals surface area (Å²) in [5, 5.41) is 8.91. The fourth-order valence-electron chi connectivity index (χ4n) is 2.38. The number of amides is 1. The van der Waals surface area contributed by atoms with Crippen molar-refractivity contribution in [1.29, 1.82) is 0 Å². The molecular formula is C15H19NO4. The van der Waals surface area contributed by atoms with Crippen LogP contribution in [0.25, 0.3) is 0 Å². The van der Waals surface area contributed by atoms with Crippen LogP contribution in [0.2, 0.25) is 0 Å². The normalized spacial score (nSPS) is 19.0. The molecule has 1 aliphatic heterocycles. The van der Waals surface area contributed by atoms with Crippen LogP contribution in [0.4, 0.5) is 0 Å². The van der Waals surface area contributed by atoms with Crippen molar-refractivity contribution in [3.63, 3.8) is 0 Å². The summed E-state index contributed by atoms with van der Waals surface area (Å²) in [6.45, 7) is 2.27. The van der Waals surface area contributed by atoms with Gasteiger partial charge in [0.1, 0.15) is 0 Å². The van der Waals surface area contributed by atoms with Crippen molar-refractivity contribution in [3.8, 4) is 0 Å². The number of carbonyl (C=O) groups excluding carboxylic acids is 1. The van der Waals surface area contributed by atoms with Gasteiger partial charge in [-0.05, 0) is 17.5 Å². The molecule has 0 aliphatic carbocycles. The van der Waals surface area contributed by atoms with E-state index in [-0.39, 0.29) is 12.5 Å². The Labute approximate surface area is 118 Å². The van der Waals surface area contributed by atoms with Crippen molar-refractivity contribution in [3.05, 3.63) is 35.4 Å². The maximum absolute atomic E-state index is 12.4. The van der Waals surface area contributed by atoms with Gasteiger partial charge in [0.15, 0.2) is 6.10 Å². The van der Waals surface area contributed by atoms with Crippen LogP contribution in [0.15, 0.2) is 24.3 Å². The minimum atomic E-state index is -0.908. The van der Waals surface area contributed by atoms with E-state index >= 15 is 0 Å². The highest BCUT2D eigenvalue weighted by molar-refractivity contribution is 5.83. The summed E-state index contributed by atoms with van der Waals surface area (Å²) in [7, 11) is 1.61. The van der Waals surface area contributed by atoms with Crippen LogP contribution < -0.4 is 0 Å². The van der Waals surface area contributed by atoms with E-state index in [0.29, 0.717) is 6.61 Å². The third-order valence-electron chi connectivity index (χ3n) is 3.56. The summed E-state index contributed by atoms with van der Waals surface area (Å²) >= 11 is 0. The molecule has 2 rings (SSSR count). The van der Waals surface area contributed by atoms with Crippen molar-refractivity contribution in [2.45, 2.75) is 19.4 Å². The molecule has 1 amide bonds. The van der Waals surface area contributed by atoms with E-state index < -0.39 is 18.0 Å². The Morgan fingerprint density at radius 2 is 2.15 bits per heavy atom. The first-order valence-electron chi connectivity index (χ1n) is 6.68. The number of carbonyl (C=O) groups is 2. The molecule has 1 heterocycles. The number of aliphatic carboxylic acids is 1. The third kappa shape index (κ3) is 2.99. The number of hydrogen-bond acceptors (Lipinski definition) is 3. The van der Waals surface area contributed by atoms with Crippen LogP contribution in [-0.2, 0) is 20.7 Å². The highest BCUT2D eigenvalue weighted by Crippen LogP contribution is 2.28. The molecule has 108 valence electrons. The van der Waals surface area contributed by atoms with E-state index in [2.05, 4.69) is 0 Å². The largest absolute Gasteiger partial charge is 0.481 e. The number of carboxylic acids is 1. The van der Waals surface area contributed by atoms with Crippen LogP contribution in [-0.4, -0.2) is 42.1 Å². The molecule has 0 bridgehead atoms. The molecule has 5 heteroatoms. The Morgan fingerprint density at radius 1 is 1.45 bits per heavy atom. The second kappa shape index (κ2) is 6.05. The second-order valence-electron chi connectivity index (χ2n) is 5.16. The number of rotatable bonds is 4. The lowest BCUT2D eigenvalue weighted by molar-refractivity contribution is -0.147. The molecule has 0 aromatic heterocycles. The third-order valence-corrected chi connectivity index (χ3v) is 3.56. The van der Waals surface area contributed by atoms with Crippen LogP contribution in [0.1, 0.15) is 24.2 Å². The van der Waals surface area contributed by atoms with E-state index in [4.69, 9.17) is 9.84 Å². The molecular weight excluding hydrogens is 258 g/mol. The molecule has 0 radical (unpaired) electrons. The monoisotopic (exact) mass is 277 g/mol. The number of benzene rings is 1. The predicted molar refractivity (Wildman–Crippen MR) is 73.3 cm³/mol. The smallest absolute Gasteiger partial charge is 0.308 e. The quantitative estimate of drug-likeness (QED) is 0.905. The van der Waals surface area contributed by atoms with Gasteiger partial charge >= 0.3 is 5.97 Å². The van der Waals surface area contributed by atoms with Gasteiger partial charge in [-0.3, -0.25) is 9.59 Å². The van der Waals surface area contributed by atoms with Gasteiger partial charge in [0.25, 0.3) is 5.91 Å². The highest BCUT2D eigenvalue weighted by Gasteiger charge is 2.30. The molecule has 0 fully saturated rings. The number of likely N-dealkylation sites (N-methyl/N-ethyl adjacent to an activating group) is 1. The summed E-state index contributed by atoms with van der Waals surface area (Å²) in [6.07, 6.45) is 0.181. The minimum Gasteiger partial charge on any atom is -0.481 e. The number of nitrogens with zero attached hydrogens (tertiary/aromatic N) is 1. The van der Waals surface area contributed by atoms with Gasteiger partial charge in [0.2, 0.25) is 0 Å². The fourth-order valence-corrected chi connectivity index (χ4v) is 2.38. The molecule has 0 saturated heterocycles. The standard InChI is InChI=1S/C15H19NO4/c1-10(15(18)19)9-16(2)14(17)13-12-6-4-3-5-11(12)7-8-20-13/h3-6,10,13H,7-9H2,1-2H3,(H,18,19)/t10-,13-/m0/s1. The maximum Gasteiger partial charge on any atom is 0.308 e. The molecule has 2 atom stereocenters. The lowest BCUT2D eigenvalue weighted by atomic mass is 9.96. The van der Waals surface area contributed by atoms with Crippen molar-refractivity contribution in [1.82, 2.24) is 4.90 Å². The summed E-state index contributed by atoms with van der Waals surface area (Å²) in [4.78, 5) is 24.7. The summed E-state index contributed by atoms with van der Waals surface area (Å²) in [6, 6.07) is 7.72. The van der Waals surface area contributed by atoms with Crippen molar-refractivity contribution in [2.75, 3.05) is 20.2 Å². The van der Waals surface area contributed by atoms with E-state index in [1.54, 1.807) is 14.0 Å². The van der Waals surface area contributed by atoms with Gasteiger partial charge < -0.3 is 14.7 Å². The molecule has 1 aromatic rings. The van der Waals surface area contributed by atoms with Crippen molar-refractivity contribution in [2.24, 2.45) is 5.92 Å². The maximum atomic E-state index is 12.4. The summed E-state index contributed by atoms with van der Waals surface area (Å²) < 4.78 is 5.59. The van der Waals surface area contributed by atoms with Gasteiger partial charge in [-0.25, -0.2) is 0 Å². The molecule has 0 spiro atoms. The first-order valence-corrected chi connectivity index (χ1v) is 6.68. The zero-order valence-corrected chi connectivity index (χ0v) is 11.7. The molecule has 0 unspecified atom stereocenters. The number of fused-ring (bicyclic) bond motifs is 1. The predicted octanol–water partition coefficient (Wildman–Crippen LogP) is 1.48. The molecule has 1 aliphatic rings. The van der Waals surface area contributed by atoms with Gasteiger partial charge in [-0.15, -0.1) is 0 Å². The zero-order valence-electron chi connectivity index (χ0n) is 11.7. The number of hydrogen-bond donors (Lipinski definition) is 1.